The first-order valence-corrected chi connectivity index (χ1v) is 4.56. The quantitative estimate of drug-likeness (QED) is 0.806. The molecule has 0 bridgehead atoms. The minimum Gasteiger partial charge on any atom is -0.478 e. The molecule has 1 heterocycles. The number of nitrogens with zero attached hydrogens (tertiary/aromatic N) is 3. The van der Waals surface area contributed by atoms with Gasteiger partial charge in [-0.15, -0.1) is 0 Å². The molecule has 0 fully saturated rings. The Hall–Kier alpha value is -2.70. The van der Waals surface area contributed by atoms with E-state index in [1.165, 1.54) is 30.9 Å². The van der Waals surface area contributed by atoms with E-state index in [0.717, 1.165) is 4.68 Å². The number of aromatic nitrogens is 3. The van der Waals surface area contributed by atoms with Crippen molar-refractivity contribution in [1.29, 1.82) is 0 Å². The predicted octanol–water partition coefficient (Wildman–Crippen LogP) is 0.664. The summed E-state index contributed by atoms with van der Waals surface area (Å²) >= 11 is 0. The second-order valence-corrected chi connectivity index (χ2v) is 3.15. The molecule has 0 unspecified atom stereocenters. The van der Waals surface area contributed by atoms with Crippen molar-refractivity contribution in [1.82, 2.24) is 14.8 Å². The number of benzene rings is 1. The molecule has 0 atom stereocenters. The second-order valence-electron chi connectivity index (χ2n) is 3.15. The Morgan fingerprint density at radius 2 is 1.71 bits per heavy atom. The summed E-state index contributed by atoms with van der Waals surface area (Å²) in [6.45, 7) is 0. The van der Waals surface area contributed by atoms with Crippen LogP contribution in [0.25, 0.3) is 5.69 Å². The van der Waals surface area contributed by atoms with Gasteiger partial charge in [-0.2, -0.15) is 5.10 Å². The van der Waals surface area contributed by atoms with Crippen LogP contribution in [0.3, 0.4) is 0 Å². The summed E-state index contributed by atoms with van der Waals surface area (Å²) in [5.74, 6) is -2.45. The number of hydrogen-bond acceptors (Lipinski definition) is 4. The molecule has 0 spiro atoms. The highest BCUT2D eigenvalue weighted by Crippen LogP contribution is 2.19. The molecule has 1 aromatic heterocycles. The van der Waals surface area contributed by atoms with Crippen molar-refractivity contribution in [2.75, 3.05) is 0 Å². The molecule has 86 valence electrons. The number of carboxylic acid groups (broad SMARTS) is 2. The van der Waals surface area contributed by atoms with Crippen LogP contribution in [0.5, 0.6) is 0 Å². The van der Waals surface area contributed by atoms with Gasteiger partial charge in [0, 0.05) is 0 Å². The Morgan fingerprint density at radius 1 is 1.12 bits per heavy atom. The summed E-state index contributed by atoms with van der Waals surface area (Å²) in [7, 11) is 0. The number of aromatic carboxylic acids is 2. The van der Waals surface area contributed by atoms with Crippen LogP contribution >= 0.6 is 0 Å². The highest BCUT2D eigenvalue weighted by molar-refractivity contribution is 6.00. The van der Waals surface area contributed by atoms with Crippen molar-refractivity contribution in [3.05, 3.63) is 42.0 Å². The molecule has 0 aliphatic heterocycles. The number of hydrogen-bond donors (Lipinski definition) is 2. The van der Waals surface area contributed by atoms with Gasteiger partial charge in [0.2, 0.25) is 0 Å². The fraction of sp³-hybridized carbons (Fsp3) is 0. The van der Waals surface area contributed by atoms with Crippen molar-refractivity contribution in [2.24, 2.45) is 0 Å². The van der Waals surface area contributed by atoms with E-state index in [1.54, 1.807) is 0 Å². The second kappa shape index (κ2) is 4.05. The molecule has 0 saturated heterocycles. The van der Waals surface area contributed by atoms with Crippen LogP contribution < -0.4 is 0 Å². The van der Waals surface area contributed by atoms with E-state index in [4.69, 9.17) is 10.2 Å². The summed E-state index contributed by atoms with van der Waals surface area (Å²) in [5.41, 5.74) is -0.296. The van der Waals surface area contributed by atoms with Crippen LogP contribution in [0, 0.1) is 0 Å². The maximum atomic E-state index is 11.0. The van der Waals surface area contributed by atoms with Gasteiger partial charge in [0.15, 0.2) is 0 Å². The van der Waals surface area contributed by atoms with E-state index in [0.29, 0.717) is 0 Å². The normalized spacial score (nSPS) is 10.1. The van der Waals surface area contributed by atoms with Gasteiger partial charge in [-0.1, -0.05) is 6.07 Å². The monoisotopic (exact) mass is 233 g/mol. The fourth-order valence-corrected chi connectivity index (χ4v) is 1.46. The lowest BCUT2D eigenvalue weighted by atomic mass is 10.1. The molecule has 2 rings (SSSR count). The topological polar surface area (TPSA) is 105 Å². The van der Waals surface area contributed by atoms with E-state index >= 15 is 0 Å². The fourth-order valence-electron chi connectivity index (χ4n) is 1.46. The van der Waals surface area contributed by atoms with Crippen molar-refractivity contribution in [3.63, 3.8) is 0 Å². The lowest BCUT2D eigenvalue weighted by molar-refractivity contribution is 0.0696. The first-order chi connectivity index (χ1) is 8.11. The van der Waals surface area contributed by atoms with Gasteiger partial charge in [-0.3, -0.25) is 0 Å². The minimum absolute atomic E-state index is 0.00926. The van der Waals surface area contributed by atoms with Crippen LogP contribution in [0.2, 0.25) is 0 Å². The highest BCUT2D eigenvalue weighted by Gasteiger charge is 2.19. The van der Waals surface area contributed by atoms with E-state index in [9.17, 15) is 9.59 Å². The van der Waals surface area contributed by atoms with Crippen LogP contribution in [0.4, 0.5) is 0 Å². The Labute approximate surface area is 95.0 Å². The molecule has 0 saturated carbocycles. The molecule has 1 aromatic carbocycles. The van der Waals surface area contributed by atoms with Gasteiger partial charge in [0.25, 0.3) is 0 Å². The number of para-hydroxylation sites is 1. The average Bonchev–Trinajstić information content (AvgIpc) is 2.80. The van der Waals surface area contributed by atoms with Crippen molar-refractivity contribution >= 4 is 11.9 Å². The standard InChI is InChI=1S/C10H7N3O4/c14-9(15)6-2-1-3-7(10(16)17)8(6)13-5-11-4-12-13/h1-5H,(H,14,15)(H,16,17). The Morgan fingerprint density at radius 3 is 2.12 bits per heavy atom. The van der Waals surface area contributed by atoms with Crippen LogP contribution in [0.15, 0.2) is 30.9 Å². The predicted molar refractivity (Wildman–Crippen MR) is 55.3 cm³/mol. The largest absolute Gasteiger partial charge is 0.478 e. The minimum atomic E-state index is -1.22. The van der Waals surface area contributed by atoms with E-state index in [-0.39, 0.29) is 16.8 Å². The third-order valence-electron chi connectivity index (χ3n) is 2.14. The number of carbonyl (C=O) groups is 2. The molecule has 0 radical (unpaired) electrons. The van der Waals surface area contributed by atoms with Crippen LogP contribution in [-0.4, -0.2) is 36.9 Å². The first kappa shape index (κ1) is 10.8. The third-order valence-corrected chi connectivity index (χ3v) is 2.14. The molecule has 0 aliphatic rings. The van der Waals surface area contributed by atoms with Crippen molar-refractivity contribution in [3.8, 4) is 5.69 Å². The Bertz CT molecular complexity index is 545. The summed E-state index contributed by atoms with van der Waals surface area (Å²) in [5, 5.41) is 21.8. The molecule has 7 nitrogen and oxygen atoms in total. The number of carboxylic acids is 2. The van der Waals surface area contributed by atoms with Gasteiger partial charge in [0.05, 0.1) is 16.8 Å². The maximum absolute atomic E-state index is 11.0. The smallest absolute Gasteiger partial charge is 0.337 e. The summed E-state index contributed by atoms with van der Waals surface area (Å²) < 4.78 is 1.12. The summed E-state index contributed by atoms with van der Waals surface area (Å²) in [6, 6.07) is 3.99. The molecular weight excluding hydrogens is 226 g/mol. The van der Waals surface area contributed by atoms with E-state index in [2.05, 4.69) is 10.1 Å². The molecular formula is C10H7N3O4. The highest BCUT2D eigenvalue weighted by atomic mass is 16.4. The molecule has 2 aromatic rings. The first-order valence-electron chi connectivity index (χ1n) is 4.56. The molecule has 0 aliphatic carbocycles. The zero-order valence-electron chi connectivity index (χ0n) is 8.44. The van der Waals surface area contributed by atoms with Gasteiger partial charge >= 0.3 is 11.9 Å². The molecule has 17 heavy (non-hydrogen) atoms. The average molecular weight is 233 g/mol. The molecule has 7 heteroatoms. The molecule has 2 N–H and O–H groups in total. The van der Waals surface area contributed by atoms with Gasteiger partial charge in [-0.25, -0.2) is 19.3 Å². The summed E-state index contributed by atoms with van der Waals surface area (Å²) in [4.78, 5) is 25.7. The Balaban J connectivity index is 2.76. The lowest BCUT2D eigenvalue weighted by Crippen LogP contribution is -2.12. The van der Waals surface area contributed by atoms with Gasteiger partial charge in [0.1, 0.15) is 12.7 Å². The van der Waals surface area contributed by atoms with Crippen molar-refractivity contribution in [2.45, 2.75) is 0 Å². The molecule has 0 amide bonds. The third kappa shape index (κ3) is 1.85. The Kier molecular flexibility index (Phi) is 2.57. The SMILES string of the molecule is O=C(O)c1cccc(C(=O)O)c1-n1cncn1. The zero-order chi connectivity index (χ0) is 12.4. The van der Waals surface area contributed by atoms with Crippen LogP contribution in [-0.2, 0) is 0 Å². The van der Waals surface area contributed by atoms with Crippen molar-refractivity contribution < 1.29 is 19.8 Å². The van der Waals surface area contributed by atoms with E-state index < -0.39 is 11.9 Å². The van der Waals surface area contributed by atoms with Gasteiger partial charge in [-0.05, 0) is 12.1 Å². The maximum Gasteiger partial charge on any atom is 0.337 e. The lowest BCUT2D eigenvalue weighted by Gasteiger charge is -2.08. The van der Waals surface area contributed by atoms with Gasteiger partial charge < -0.3 is 10.2 Å². The zero-order valence-corrected chi connectivity index (χ0v) is 8.44. The summed E-state index contributed by atoms with van der Waals surface area (Å²) in [6.07, 6.45) is 2.44. The number of rotatable bonds is 3. The van der Waals surface area contributed by atoms with Crippen LogP contribution in [0.1, 0.15) is 20.7 Å². The van der Waals surface area contributed by atoms with E-state index in [1.807, 2.05) is 0 Å².